The molecular formula is C12H20N2OS. The summed E-state index contributed by atoms with van der Waals surface area (Å²) in [5.41, 5.74) is 8.06. The van der Waals surface area contributed by atoms with Gasteiger partial charge in [-0.1, -0.05) is 6.07 Å². The number of ether oxygens (including phenoxy) is 1. The van der Waals surface area contributed by atoms with E-state index in [1.807, 2.05) is 30.0 Å². The lowest BCUT2D eigenvalue weighted by Crippen LogP contribution is -2.22. The van der Waals surface area contributed by atoms with E-state index in [0.717, 1.165) is 29.3 Å². The number of rotatable bonds is 6. The first-order valence-electron chi connectivity index (χ1n) is 5.30. The Balaban J connectivity index is 2.89. The molecule has 0 aliphatic heterocycles. The van der Waals surface area contributed by atoms with E-state index in [2.05, 4.69) is 18.2 Å². The van der Waals surface area contributed by atoms with Crippen molar-refractivity contribution in [2.24, 2.45) is 5.73 Å². The average Bonchev–Trinajstić information content (AvgIpc) is 2.35. The van der Waals surface area contributed by atoms with E-state index in [4.69, 9.17) is 10.5 Å². The summed E-state index contributed by atoms with van der Waals surface area (Å²) in [6.45, 7) is 1.57. The topological polar surface area (TPSA) is 38.5 Å². The maximum Gasteiger partial charge on any atom is 0.120 e. The number of nitrogens with two attached hydrogens (primary N) is 1. The van der Waals surface area contributed by atoms with Gasteiger partial charge in [0, 0.05) is 37.6 Å². The molecule has 2 N–H and O–H groups in total. The molecule has 1 aromatic rings. The van der Waals surface area contributed by atoms with Crippen molar-refractivity contribution in [3.63, 3.8) is 0 Å². The van der Waals surface area contributed by atoms with Gasteiger partial charge in [0.15, 0.2) is 0 Å². The van der Waals surface area contributed by atoms with Gasteiger partial charge in [0.2, 0.25) is 0 Å². The first kappa shape index (κ1) is 13.2. The molecule has 0 aliphatic rings. The van der Waals surface area contributed by atoms with Crippen LogP contribution in [-0.2, 0) is 6.54 Å². The SMILES string of the molecule is COc1ccc(CN)c(N(C)CCSC)c1. The van der Waals surface area contributed by atoms with E-state index in [1.54, 1.807) is 7.11 Å². The van der Waals surface area contributed by atoms with Gasteiger partial charge in [-0.2, -0.15) is 11.8 Å². The zero-order valence-electron chi connectivity index (χ0n) is 10.2. The molecule has 0 aromatic heterocycles. The van der Waals surface area contributed by atoms with Crippen molar-refractivity contribution in [1.82, 2.24) is 0 Å². The maximum atomic E-state index is 5.74. The molecule has 0 heterocycles. The number of nitrogens with zero attached hydrogens (tertiary/aromatic N) is 1. The minimum absolute atomic E-state index is 0.558. The monoisotopic (exact) mass is 240 g/mol. The van der Waals surface area contributed by atoms with Crippen molar-refractivity contribution in [3.05, 3.63) is 23.8 Å². The largest absolute Gasteiger partial charge is 0.497 e. The summed E-state index contributed by atoms with van der Waals surface area (Å²) in [5, 5.41) is 0. The Labute approximate surface area is 102 Å². The van der Waals surface area contributed by atoms with Gasteiger partial charge in [-0.05, 0) is 17.9 Å². The van der Waals surface area contributed by atoms with E-state index in [1.165, 1.54) is 0 Å². The molecule has 0 saturated carbocycles. The number of anilines is 1. The van der Waals surface area contributed by atoms with Gasteiger partial charge in [0.05, 0.1) is 7.11 Å². The van der Waals surface area contributed by atoms with Crippen LogP contribution in [0.4, 0.5) is 5.69 Å². The van der Waals surface area contributed by atoms with Crippen LogP contribution in [0.25, 0.3) is 0 Å². The summed E-state index contributed by atoms with van der Waals surface area (Å²) in [6, 6.07) is 6.03. The van der Waals surface area contributed by atoms with Crippen LogP contribution < -0.4 is 15.4 Å². The van der Waals surface area contributed by atoms with Crippen molar-refractivity contribution in [3.8, 4) is 5.75 Å². The predicted octanol–water partition coefficient (Wildman–Crippen LogP) is 1.95. The number of hydrogen-bond acceptors (Lipinski definition) is 4. The van der Waals surface area contributed by atoms with Crippen molar-refractivity contribution in [2.45, 2.75) is 6.54 Å². The third kappa shape index (κ3) is 3.32. The van der Waals surface area contributed by atoms with Crippen LogP contribution in [-0.4, -0.2) is 32.7 Å². The van der Waals surface area contributed by atoms with Crippen molar-refractivity contribution >= 4 is 17.4 Å². The second-order valence-electron chi connectivity index (χ2n) is 3.61. The molecule has 1 rings (SSSR count). The zero-order chi connectivity index (χ0) is 12.0. The number of benzene rings is 1. The third-order valence-electron chi connectivity index (χ3n) is 2.55. The van der Waals surface area contributed by atoms with Crippen molar-refractivity contribution in [1.29, 1.82) is 0 Å². The molecule has 0 amide bonds. The van der Waals surface area contributed by atoms with Gasteiger partial charge in [0.1, 0.15) is 5.75 Å². The van der Waals surface area contributed by atoms with E-state index in [9.17, 15) is 0 Å². The Bertz CT molecular complexity index is 331. The maximum absolute atomic E-state index is 5.74. The second kappa shape index (κ2) is 6.66. The second-order valence-corrected chi connectivity index (χ2v) is 4.60. The third-order valence-corrected chi connectivity index (χ3v) is 3.15. The van der Waals surface area contributed by atoms with Crippen molar-refractivity contribution in [2.75, 3.05) is 37.6 Å². The lowest BCUT2D eigenvalue weighted by molar-refractivity contribution is 0.414. The highest BCUT2D eigenvalue weighted by atomic mass is 32.2. The van der Waals surface area contributed by atoms with Gasteiger partial charge in [-0.25, -0.2) is 0 Å². The Morgan fingerprint density at radius 3 is 2.75 bits per heavy atom. The fourth-order valence-corrected chi connectivity index (χ4v) is 2.00. The van der Waals surface area contributed by atoms with Crippen LogP contribution in [0.3, 0.4) is 0 Å². The summed E-state index contributed by atoms with van der Waals surface area (Å²) in [7, 11) is 3.77. The van der Waals surface area contributed by atoms with E-state index < -0.39 is 0 Å². The van der Waals surface area contributed by atoms with Crippen LogP contribution in [0.1, 0.15) is 5.56 Å². The van der Waals surface area contributed by atoms with Gasteiger partial charge < -0.3 is 15.4 Å². The van der Waals surface area contributed by atoms with Crippen LogP contribution in [0.5, 0.6) is 5.75 Å². The Morgan fingerprint density at radius 1 is 1.44 bits per heavy atom. The quantitative estimate of drug-likeness (QED) is 0.825. The fourth-order valence-electron chi connectivity index (χ4n) is 1.55. The number of methoxy groups -OCH3 is 1. The molecule has 0 aliphatic carbocycles. The summed E-state index contributed by atoms with van der Waals surface area (Å²) in [5.74, 6) is 1.99. The van der Waals surface area contributed by atoms with Gasteiger partial charge in [-0.3, -0.25) is 0 Å². The molecule has 0 atom stereocenters. The highest BCUT2D eigenvalue weighted by Gasteiger charge is 2.07. The highest BCUT2D eigenvalue weighted by Crippen LogP contribution is 2.25. The number of thioether (sulfide) groups is 1. The molecule has 16 heavy (non-hydrogen) atoms. The summed E-state index contributed by atoms with van der Waals surface area (Å²) in [6.07, 6.45) is 2.11. The lowest BCUT2D eigenvalue weighted by Gasteiger charge is -2.22. The minimum Gasteiger partial charge on any atom is -0.497 e. The number of hydrogen-bond donors (Lipinski definition) is 1. The summed E-state index contributed by atoms with van der Waals surface area (Å²) < 4.78 is 5.24. The summed E-state index contributed by atoms with van der Waals surface area (Å²) >= 11 is 1.84. The molecule has 1 aromatic carbocycles. The van der Waals surface area contributed by atoms with E-state index in [-0.39, 0.29) is 0 Å². The van der Waals surface area contributed by atoms with Crippen LogP contribution >= 0.6 is 11.8 Å². The molecule has 0 spiro atoms. The molecule has 0 unspecified atom stereocenters. The summed E-state index contributed by atoms with van der Waals surface area (Å²) in [4.78, 5) is 2.22. The van der Waals surface area contributed by atoms with Gasteiger partial charge in [0.25, 0.3) is 0 Å². The predicted molar refractivity (Wildman–Crippen MR) is 72.5 cm³/mol. The normalized spacial score (nSPS) is 10.2. The smallest absolute Gasteiger partial charge is 0.120 e. The average molecular weight is 240 g/mol. The molecule has 0 bridgehead atoms. The molecule has 0 fully saturated rings. The Kier molecular flexibility index (Phi) is 5.49. The molecule has 0 saturated heterocycles. The van der Waals surface area contributed by atoms with Crippen LogP contribution in [0.2, 0.25) is 0 Å². The standard InChI is InChI=1S/C12H20N2OS/c1-14(6-7-16-3)12-8-11(15-2)5-4-10(12)9-13/h4-5,8H,6-7,9,13H2,1-3H3. The molecular weight excluding hydrogens is 220 g/mol. The fraction of sp³-hybridized carbons (Fsp3) is 0.500. The van der Waals surface area contributed by atoms with E-state index >= 15 is 0 Å². The van der Waals surface area contributed by atoms with Gasteiger partial charge in [-0.15, -0.1) is 0 Å². The molecule has 4 heteroatoms. The van der Waals surface area contributed by atoms with E-state index in [0.29, 0.717) is 6.54 Å². The Morgan fingerprint density at radius 2 is 2.19 bits per heavy atom. The van der Waals surface area contributed by atoms with Gasteiger partial charge >= 0.3 is 0 Å². The van der Waals surface area contributed by atoms with Crippen LogP contribution in [0.15, 0.2) is 18.2 Å². The highest BCUT2D eigenvalue weighted by molar-refractivity contribution is 7.98. The molecule has 3 nitrogen and oxygen atoms in total. The minimum atomic E-state index is 0.558. The molecule has 0 radical (unpaired) electrons. The van der Waals surface area contributed by atoms with Crippen LogP contribution in [0, 0.1) is 0 Å². The van der Waals surface area contributed by atoms with Crippen molar-refractivity contribution < 1.29 is 4.74 Å². The first-order chi connectivity index (χ1) is 7.72. The molecule has 90 valence electrons. The zero-order valence-corrected chi connectivity index (χ0v) is 11.0. The lowest BCUT2D eigenvalue weighted by atomic mass is 10.1. The Hall–Kier alpha value is -0.870. The first-order valence-corrected chi connectivity index (χ1v) is 6.69.